The Morgan fingerprint density at radius 1 is 1.19 bits per heavy atom. The molecule has 1 aliphatic rings. The van der Waals surface area contributed by atoms with E-state index in [0.717, 1.165) is 10.5 Å². The van der Waals surface area contributed by atoms with Crippen molar-refractivity contribution in [2.45, 2.75) is 44.8 Å². The number of β-amino-alcohol motifs (C(OH)–C–C–N with tert-alkyl or cyclic N) is 1. The van der Waals surface area contributed by atoms with Gasteiger partial charge >= 0.3 is 6.03 Å². The third-order valence-corrected chi connectivity index (χ3v) is 4.39. The van der Waals surface area contributed by atoms with Gasteiger partial charge < -0.3 is 10.4 Å². The molecule has 0 aromatic heterocycles. The maximum absolute atomic E-state index is 12.7. The highest BCUT2D eigenvalue weighted by Gasteiger charge is 2.50. The molecule has 114 valence electrons. The first kappa shape index (κ1) is 15.5. The number of amides is 3. The Morgan fingerprint density at radius 3 is 2.29 bits per heavy atom. The maximum Gasteiger partial charge on any atom is 0.325 e. The second-order valence-electron chi connectivity index (χ2n) is 5.74. The van der Waals surface area contributed by atoms with E-state index in [0.29, 0.717) is 12.8 Å². The van der Waals surface area contributed by atoms with Crippen molar-refractivity contribution in [2.24, 2.45) is 0 Å². The van der Waals surface area contributed by atoms with Gasteiger partial charge in [-0.1, -0.05) is 44.2 Å². The number of imide groups is 1. The monoisotopic (exact) mass is 290 g/mol. The Labute approximate surface area is 125 Å². The van der Waals surface area contributed by atoms with Crippen molar-refractivity contribution in [2.75, 3.05) is 6.54 Å². The lowest BCUT2D eigenvalue weighted by molar-refractivity contribution is -0.133. The van der Waals surface area contributed by atoms with Crippen molar-refractivity contribution < 1.29 is 14.7 Å². The van der Waals surface area contributed by atoms with Gasteiger partial charge in [-0.2, -0.15) is 0 Å². The third kappa shape index (κ3) is 2.65. The first-order valence-electron chi connectivity index (χ1n) is 7.28. The molecule has 2 rings (SSSR count). The molecule has 2 N–H and O–H groups in total. The van der Waals surface area contributed by atoms with E-state index >= 15 is 0 Å². The first-order chi connectivity index (χ1) is 9.86. The van der Waals surface area contributed by atoms with Crippen LogP contribution in [0, 0.1) is 0 Å². The minimum Gasteiger partial charge on any atom is -0.388 e. The van der Waals surface area contributed by atoms with Gasteiger partial charge in [0.1, 0.15) is 5.54 Å². The summed E-state index contributed by atoms with van der Waals surface area (Å²) < 4.78 is 0. The summed E-state index contributed by atoms with van der Waals surface area (Å²) in [5.74, 6) is -0.320. The van der Waals surface area contributed by atoms with Crippen LogP contribution in [-0.2, 0) is 10.3 Å². The maximum atomic E-state index is 12.7. The molecule has 0 radical (unpaired) electrons. The van der Waals surface area contributed by atoms with Crippen LogP contribution in [0.25, 0.3) is 0 Å². The fraction of sp³-hybridized carbons (Fsp3) is 0.500. The topological polar surface area (TPSA) is 69.6 Å². The summed E-state index contributed by atoms with van der Waals surface area (Å²) in [5, 5.41) is 13.1. The molecule has 3 amide bonds. The van der Waals surface area contributed by atoms with Gasteiger partial charge in [0.15, 0.2) is 0 Å². The number of nitrogens with zero attached hydrogens (tertiary/aromatic N) is 1. The normalized spacial score (nSPS) is 22.6. The van der Waals surface area contributed by atoms with Gasteiger partial charge in [-0.05, 0) is 25.3 Å². The SMILES string of the molecule is CCC(O)(CC)CN1C(=O)NC(C)(c2ccccc2)C1=O. The number of hydrogen-bond donors (Lipinski definition) is 2. The van der Waals surface area contributed by atoms with Crippen LogP contribution in [0.15, 0.2) is 30.3 Å². The van der Waals surface area contributed by atoms with Crippen molar-refractivity contribution in [1.29, 1.82) is 0 Å². The lowest BCUT2D eigenvalue weighted by Gasteiger charge is -2.29. The van der Waals surface area contributed by atoms with Crippen LogP contribution in [0.4, 0.5) is 4.79 Å². The fourth-order valence-corrected chi connectivity index (χ4v) is 2.58. The summed E-state index contributed by atoms with van der Waals surface area (Å²) in [6, 6.07) is 8.69. The lowest BCUT2D eigenvalue weighted by atomic mass is 9.91. The molecule has 1 unspecified atom stereocenters. The van der Waals surface area contributed by atoms with E-state index in [1.54, 1.807) is 6.92 Å². The predicted octanol–water partition coefficient (Wildman–Crippen LogP) is 2.00. The number of urea groups is 1. The van der Waals surface area contributed by atoms with E-state index in [9.17, 15) is 14.7 Å². The molecule has 5 nitrogen and oxygen atoms in total. The van der Waals surface area contributed by atoms with Gasteiger partial charge in [0.2, 0.25) is 0 Å². The van der Waals surface area contributed by atoms with Crippen molar-refractivity contribution in [1.82, 2.24) is 10.2 Å². The Balaban J connectivity index is 2.29. The zero-order valence-electron chi connectivity index (χ0n) is 12.7. The van der Waals surface area contributed by atoms with Crippen LogP contribution < -0.4 is 5.32 Å². The highest BCUT2D eigenvalue weighted by atomic mass is 16.3. The van der Waals surface area contributed by atoms with Crippen LogP contribution in [0.3, 0.4) is 0 Å². The van der Waals surface area contributed by atoms with Crippen molar-refractivity contribution in [3.63, 3.8) is 0 Å². The highest BCUT2D eigenvalue weighted by Crippen LogP contribution is 2.30. The summed E-state index contributed by atoms with van der Waals surface area (Å²) in [6.45, 7) is 5.41. The largest absolute Gasteiger partial charge is 0.388 e. The molecule has 1 atom stereocenters. The number of carbonyl (C=O) groups excluding carboxylic acids is 2. The molecule has 1 aromatic rings. The van der Waals surface area contributed by atoms with E-state index in [-0.39, 0.29) is 12.5 Å². The van der Waals surface area contributed by atoms with E-state index in [4.69, 9.17) is 0 Å². The van der Waals surface area contributed by atoms with E-state index in [1.165, 1.54) is 0 Å². The third-order valence-electron chi connectivity index (χ3n) is 4.39. The number of aliphatic hydroxyl groups is 1. The summed E-state index contributed by atoms with van der Waals surface area (Å²) in [6.07, 6.45) is 0.977. The van der Waals surface area contributed by atoms with E-state index in [2.05, 4.69) is 5.32 Å². The number of nitrogens with one attached hydrogen (secondary N) is 1. The van der Waals surface area contributed by atoms with Gasteiger partial charge in [0, 0.05) is 0 Å². The Kier molecular flexibility index (Phi) is 4.05. The lowest BCUT2D eigenvalue weighted by Crippen LogP contribution is -2.46. The van der Waals surface area contributed by atoms with Crippen LogP contribution in [0.5, 0.6) is 0 Å². The van der Waals surface area contributed by atoms with Gasteiger partial charge in [-0.3, -0.25) is 9.69 Å². The second-order valence-corrected chi connectivity index (χ2v) is 5.74. The smallest absolute Gasteiger partial charge is 0.325 e. The fourth-order valence-electron chi connectivity index (χ4n) is 2.58. The molecule has 0 bridgehead atoms. The average molecular weight is 290 g/mol. The molecular weight excluding hydrogens is 268 g/mol. The van der Waals surface area contributed by atoms with E-state index in [1.807, 2.05) is 44.2 Å². The van der Waals surface area contributed by atoms with E-state index < -0.39 is 17.2 Å². The summed E-state index contributed by atoms with van der Waals surface area (Å²) in [4.78, 5) is 26.0. The van der Waals surface area contributed by atoms with Gasteiger partial charge in [-0.25, -0.2) is 4.79 Å². The van der Waals surface area contributed by atoms with Crippen molar-refractivity contribution in [3.8, 4) is 0 Å². The molecule has 1 aliphatic heterocycles. The summed E-state index contributed by atoms with van der Waals surface area (Å²) in [7, 11) is 0. The second kappa shape index (κ2) is 5.48. The van der Waals surface area contributed by atoms with Gasteiger partial charge in [0.05, 0.1) is 12.1 Å². The van der Waals surface area contributed by atoms with Gasteiger partial charge in [0.25, 0.3) is 5.91 Å². The minimum absolute atomic E-state index is 0.0209. The molecule has 0 spiro atoms. The molecule has 1 fully saturated rings. The molecule has 0 saturated carbocycles. The Morgan fingerprint density at radius 2 is 1.76 bits per heavy atom. The van der Waals surface area contributed by atoms with Crippen LogP contribution in [0.1, 0.15) is 39.2 Å². The highest BCUT2D eigenvalue weighted by molar-refractivity contribution is 6.07. The molecule has 0 aliphatic carbocycles. The quantitative estimate of drug-likeness (QED) is 0.815. The Bertz CT molecular complexity index is 540. The summed E-state index contributed by atoms with van der Waals surface area (Å²) >= 11 is 0. The molecule has 1 aromatic carbocycles. The van der Waals surface area contributed by atoms with Crippen LogP contribution in [-0.4, -0.2) is 34.1 Å². The minimum atomic E-state index is -1.07. The zero-order valence-corrected chi connectivity index (χ0v) is 12.7. The number of benzene rings is 1. The van der Waals surface area contributed by atoms with Gasteiger partial charge in [-0.15, -0.1) is 0 Å². The number of hydrogen-bond acceptors (Lipinski definition) is 3. The van der Waals surface area contributed by atoms with Crippen LogP contribution >= 0.6 is 0 Å². The average Bonchev–Trinajstić information content (AvgIpc) is 2.72. The zero-order chi connectivity index (χ0) is 15.7. The molecule has 5 heteroatoms. The first-order valence-corrected chi connectivity index (χ1v) is 7.28. The number of rotatable bonds is 5. The molecule has 1 saturated heterocycles. The predicted molar refractivity (Wildman–Crippen MR) is 79.6 cm³/mol. The van der Waals surface area contributed by atoms with Crippen LogP contribution in [0.2, 0.25) is 0 Å². The molecule has 21 heavy (non-hydrogen) atoms. The molecular formula is C16H22N2O3. The molecule has 1 heterocycles. The standard InChI is InChI=1S/C16H22N2O3/c1-4-16(21,5-2)11-18-13(19)15(3,17-14(18)20)12-9-7-6-8-10-12/h6-10,21H,4-5,11H2,1-3H3,(H,17,20). The number of carbonyl (C=O) groups is 2. The van der Waals surface area contributed by atoms with Crippen molar-refractivity contribution in [3.05, 3.63) is 35.9 Å². The van der Waals surface area contributed by atoms with Crippen molar-refractivity contribution >= 4 is 11.9 Å². The summed E-state index contributed by atoms with van der Waals surface area (Å²) in [5.41, 5.74) is -1.36. The Hall–Kier alpha value is -1.88.